The number of carbonyl (C=O) groups excluding carboxylic acids is 2. The predicted octanol–water partition coefficient (Wildman–Crippen LogP) is 3.29. The van der Waals surface area contributed by atoms with Crippen molar-refractivity contribution in [1.29, 1.82) is 0 Å². The molecule has 0 amide bonds. The standard InChI is InChI=1S/C13H13ClO2/c1-3-13(16)11(9(2)15)8-10-6-4-5-7-12(10)14/h4-8H,3H2,1-2H3/b11-8-. The van der Waals surface area contributed by atoms with Crippen molar-refractivity contribution >= 4 is 29.2 Å². The van der Waals surface area contributed by atoms with Gasteiger partial charge in [0.1, 0.15) is 0 Å². The van der Waals surface area contributed by atoms with Crippen LogP contribution in [-0.4, -0.2) is 11.6 Å². The van der Waals surface area contributed by atoms with E-state index in [1.807, 2.05) is 6.07 Å². The average molecular weight is 237 g/mol. The van der Waals surface area contributed by atoms with Crippen LogP contribution < -0.4 is 0 Å². The molecule has 0 unspecified atom stereocenters. The van der Waals surface area contributed by atoms with Gasteiger partial charge in [0, 0.05) is 11.4 Å². The molecule has 0 aromatic heterocycles. The largest absolute Gasteiger partial charge is 0.294 e. The van der Waals surface area contributed by atoms with Gasteiger partial charge < -0.3 is 0 Å². The molecular formula is C13H13ClO2. The fourth-order valence-electron chi connectivity index (χ4n) is 1.32. The Kier molecular flexibility index (Phi) is 4.44. The van der Waals surface area contributed by atoms with Gasteiger partial charge in [0.15, 0.2) is 11.6 Å². The first-order chi connectivity index (χ1) is 7.56. The van der Waals surface area contributed by atoms with Gasteiger partial charge in [0.25, 0.3) is 0 Å². The first-order valence-corrected chi connectivity index (χ1v) is 5.44. The Labute approximate surface area is 99.9 Å². The predicted molar refractivity (Wildman–Crippen MR) is 65.4 cm³/mol. The van der Waals surface area contributed by atoms with Crippen LogP contribution in [0.15, 0.2) is 29.8 Å². The number of hydrogen-bond acceptors (Lipinski definition) is 2. The molecule has 0 aliphatic carbocycles. The quantitative estimate of drug-likeness (QED) is 0.457. The molecule has 1 rings (SSSR count). The van der Waals surface area contributed by atoms with E-state index in [-0.39, 0.29) is 17.1 Å². The van der Waals surface area contributed by atoms with E-state index in [2.05, 4.69) is 0 Å². The van der Waals surface area contributed by atoms with Crippen molar-refractivity contribution < 1.29 is 9.59 Å². The number of carbonyl (C=O) groups is 2. The number of ketones is 2. The highest BCUT2D eigenvalue weighted by Gasteiger charge is 2.12. The molecule has 0 aliphatic heterocycles. The topological polar surface area (TPSA) is 34.1 Å². The number of Topliss-reactive ketones (excluding diaryl/α,β-unsaturated/α-hetero) is 2. The summed E-state index contributed by atoms with van der Waals surface area (Å²) in [7, 11) is 0. The molecule has 0 atom stereocenters. The lowest BCUT2D eigenvalue weighted by Gasteiger charge is -2.02. The van der Waals surface area contributed by atoms with E-state index in [1.165, 1.54) is 6.92 Å². The van der Waals surface area contributed by atoms with Crippen LogP contribution >= 0.6 is 11.6 Å². The molecule has 0 N–H and O–H groups in total. The highest BCUT2D eigenvalue weighted by atomic mass is 35.5. The van der Waals surface area contributed by atoms with Gasteiger partial charge in [0.05, 0.1) is 5.57 Å². The van der Waals surface area contributed by atoms with Crippen LogP contribution in [0.1, 0.15) is 25.8 Å². The van der Waals surface area contributed by atoms with Gasteiger partial charge >= 0.3 is 0 Å². The van der Waals surface area contributed by atoms with Crippen LogP contribution in [0.25, 0.3) is 6.08 Å². The Bertz CT molecular complexity index is 447. The second-order valence-electron chi connectivity index (χ2n) is 3.41. The van der Waals surface area contributed by atoms with Crippen molar-refractivity contribution in [2.75, 3.05) is 0 Å². The van der Waals surface area contributed by atoms with E-state index in [4.69, 9.17) is 11.6 Å². The van der Waals surface area contributed by atoms with E-state index in [1.54, 1.807) is 31.2 Å². The molecule has 0 heterocycles. The van der Waals surface area contributed by atoms with Gasteiger partial charge in [-0.05, 0) is 24.6 Å². The summed E-state index contributed by atoms with van der Waals surface area (Å²) in [6, 6.07) is 7.11. The summed E-state index contributed by atoms with van der Waals surface area (Å²) in [5, 5.41) is 0.533. The third kappa shape index (κ3) is 3.04. The minimum absolute atomic E-state index is 0.160. The molecule has 2 nitrogen and oxygen atoms in total. The van der Waals surface area contributed by atoms with Crippen LogP contribution in [0.2, 0.25) is 5.02 Å². The van der Waals surface area contributed by atoms with Gasteiger partial charge in [-0.2, -0.15) is 0 Å². The molecule has 1 aromatic rings. The summed E-state index contributed by atoms with van der Waals surface area (Å²) in [6.07, 6.45) is 1.87. The van der Waals surface area contributed by atoms with Gasteiger partial charge in [-0.15, -0.1) is 0 Å². The molecule has 84 valence electrons. The average Bonchev–Trinajstić information content (AvgIpc) is 2.26. The second-order valence-corrected chi connectivity index (χ2v) is 3.82. The summed E-state index contributed by atoms with van der Waals surface area (Å²) in [6.45, 7) is 3.11. The zero-order chi connectivity index (χ0) is 12.1. The van der Waals surface area contributed by atoms with E-state index >= 15 is 0 Å². The lowest BCUT2D eigenvalue weighted by atomic mass is 10.0. The van der Waals surface area contributed by atoms with Gasteiger partial charge in [-0.25, -0.2) is 0 Å². The van der Waals surface area contributed by atoms with E-state index in [0.29, 0.717) is 17.0 Å². The minimum atomic E-state index is -0.230. The van der Waals surface area contributed by atoms with Crippen LogP contribution in [0.4, 0.5) is 0 Å². The number of benzene rings is 1. The Morgan fingerprint density at radius 3 is 2.44 bits per heavy atom. The molecular weight excluding hydrogens is 224 g/mol. The molecule has 1 aromatic carbocycles. The van der Waals surface area contributed by atoms with Crippen LogP contribution in [0.3, 0.4) is 0 Å². The molecule has 0 saturated heterocycles. The Hall–Kier alpha value is -1.41. The Morgan fingerprint density at radius 1 is 1.31 bits per heavy atom. The highest BCUT2D eigenvalue weighted by molar-refractivity contribution is 6.32. The van der Waals surface area contributed by atoms with Crippen molar-refractivity contribution in [2.45, 2.75) is 20.3 Å². The minimum Gasteiger partial charge on any atom is -0.294 e. The van der Waals surface area contributed by atoms with E-state index in [0.717, 1.165) is 0 Å². The molecule has 16 heavy (non-hydrogen) atoms. The van der Waals surface area contributed by atoms with E-state index < -0.39 is 0 Å². The number of allylic oxidation sites excluding steroid dienone is 1. The Balaban J connectivity index is 3.18. The zero-order valence-electron chi connectivity index (χ0n) is 9.29. The summed E-state index contributed by atoms with van der Waals surface area (Å²) >= 11 is 5.95. The molecule has 3 heteroatoms. The summed E-state index contributed by atoms with van der Waals surface area (Å²) in [5.41, 5.74) is 0.895. The Morgan fingerprint density at radius 2 is 1.94 bits per heavy atom. The molecule has 0 aliphatic rings. The second kappa shape index (κ2) is 5.61. The van der Waals surface area contributed by atoms with Crippen LogP contribution in [0.5, 0.6) is 0 Å². The number of halogens is 1. The third-order valence-corrected chi connectivity index (χ3v) is 2.55. The fraction of sp³-hybridized carbons (Fsp3) is 0.231. The smallest absolute Gasteiger partial charge is 0.166 e. The first-order valence-electron chi connectivity index (χ1n) is 5.06. The monoisotopic (exact) mass is 236 g/mol. The summed E-state index contributed by atoms with van der Waals surface area (Å²) < 4.78 is 0. The fourth-order valence-corrected chi connectivity index (χ4v) is 1.51. The molecule has 0 spiro atoms. The van der Waals surface area contributed by atoms with Crippen LogP contribution in [-0.2, 0) is 9.59 Å². The molecule has 0 radical (unpaired) electrons. The van der Waals surface area contributed by atoms with Crippen molar-refractivity contribution in [3.63, 3.8) is 0 Å². The molecule has 0 bridgehead atoms. The normalized spacial score (nSPS) is 11.3. The third-order valence-electron chi connectivity index (χ3n) is 2.21. The molecule has 0 fully saturated rings. The SMILES string of the molecule is CCC(=O)/C(=C\c1ccccc1Cl)C(C)=O. The van der Waals surface area contributed by atoms with Crippen molar-refractivity contribution in [3.05, 3.63) is 40.4 Å². The maximum Gasteiger partial charge on any atom is 0.166 e. The van der Waals surface area contributed by atoms with Gasteiger partial charge in [-0.1, -0.05) is 36.7 Å². The van der Waals surface area contributed by atoms with Gasteiger partial charge in [-0.3, -0.25) is 9.59 Å². The molecule has 0 saturated carbocycles. The highest BCUT2D eigenvalue weighted by Crippen LogP contribution is 2.19. The summed E-state index contributed by atoms with van der Waals surface area (Å²) in [4.78, 5) is 22.9. The maximum absolute atomic E-state index is 11.5. The summed E-state index contributed by atoms with van der Waals surface area (Å²) in [5.74, 6) is -0.390. The maximum atomic E-state index is 11.5. The lowest BCUT2D eigenvalue weighted by molar-refractivity contribution is -0.120. The van der Waals surface area contributed by atoms with Crippen molar-refractivity contribution in [2.24, 2.45) is 0 Å². The van der Waals surface area contributed by atoms with Crippen molar-refractivity contribution in [3.8, 4) is 0 Å². The van der Waals surface area contributed by atoms with Gasteiger partial charge in [0.2, 0.25) is 0 Å². The van der Waals surface area contributed by atoms with Crippen LogP contribution in [0, 0.1) is 0 Å². The lowest BCUT2D eigenvalue weighted by Crippen LogP contribution is -2.08. The number of rotatable bonds is 4. The number of hydrogen-bond donors (Lipinski definition) is 0. The first kappa shape index (κ1) is 12.7. The zero-order valence-corrected chi connectivity index (χ0v) is 10.0. The van der Waals surface area contributed by atoms with Crippen molar-refractivity contribution in [1.82, 2.24) is 0 Å². The van der Waals surface area contributed by atoms with E-state index in [9.17, 15) is 9.59 Å².